The molecule has 10 nitrogen and oxygen atoms in total. The van der Waals surface area contributed by atoms with Crippen LogP contribution in [0.2, 0.25) is 0 Å². The van der Waals surface area contributed by atoms with Crippen LogP contribution in [0, 0.1) is 0 Å². The molecular formula is C20H25N5O5. The van der Waals surface area contributed by atoms with Crippen molar-refractivity contribution in [3.05, 3.63) is 35.5 Å². The molecule has 2 aromatic rings. The van der Waals surface area contributed by atoms with Crippen molar-refractivity contribution >= 4 is 40.5 Å². The Morgan fingerprint density at radius 1 is 1.37 bits per heavy atom. The summed E-state index contributed by atoms with van der Waals surface area (Å²) in [6, 6.07) is 4.65. The van der Waals surface area contributed by atoms with Gasteiger partial charge in [-0.2, -0.15) is 4.79 Å². The quantitative estimate of drug-likeness (QED) is 0.283. The number of nitrogens with zero attached hydrogens (tertiary/aromatic N) is 3. The second-order valence-electron chi connectivity index (χ2n) is 7.02. The molecule has 0 radical (unpaired) electrons. The highest BCUT2D eigenvalue weighted by Gasteiger charge is 2.26. The normalized spacial score (nSPS) is 12.6. The molecule has 2 rings (SSSR count). The average molecular weight is 415 g/mol. The van der Waals surface area contributed by atoms with Gasteiger partial charge in [-0.3, -0.25) is 9.59 Å². The topological polar surface area (TPSA) is 148 Å². The maximum atomic E-state index is 12.6. The largest absolute Gasteiger partial charge is 0.480 e. The molecule has 0 saturated carbocycles. The van der Waals surface area contributed by atoms with E-state index in [1.807, 2.05) is 37.2 Å². The Labute approximate surface area is 173 Å². The van der Waals surface area contributed by atoms with Gasteiger partial charge in [0, 0.05) is 56.8 Å². The number of carboxylic acids is 1. The number of carboxylic acid groups (broad SMARTS) is 1. The number of rotatable bonds is 11. The molecule has 1 aromatic carbocycles. The first-order valence-corrected chi connectivity index (χ1v) is 9.30. The number of anilines is 1. The van der Waals surface area contributed by atoms with Crippen molar-refractivity contribution in [3.63, 3.8) is 0 Å². The van der Waals surface area contributed by atoms with E-state index in [-0.39, 0.29) is 19.3 Å². The highest BCUT2D eigenvalue weighted by atomic mass is 16.5. The van der Waals surface area contributed by atoms with Gasteiger partial charge < -0.3 is 30.6 Å². The van der Waals surface area contributed by atoms with E-state index < -0.39 is 29.8 Å². The first-order valence-electron chi connectivity index (χ1n) is 9.30. The molecule has 0 aliphatic carbocycles. The van der Waals surface area contributed by atoms with E-state index >= 15 is 0 Å². The first kappa shape index (κ1) is 22.8. The number of amides is 1. The van der Waals surface area contributed by atoms with E-state index in [9.17, 15) is 19.5 Å². The predicted octanol–water partition coefficient (Wildman–Crippen LogP) is 1.01. The number of ether oxygens (including phenoxy) is 1. The summed E-state index contributed by atoms with van der Waals surface area (Å²) in [7, 11) is 5.26. The van der Waals surface area contributed by atoms with Crippen molar-refractivity contribution < 1.29 is 29.0 Å². The number of fused-ring (bicyclic) bond motifs is 1. The van der Waals surface area contributed by atoms with Crippen molar-refractivity contribution in [2.75, 3.05) is 26.1 Å². The van der Waals surface area contributed by atoms with Gasteiger partial charge in [-0.25, -0.2) is 4.79 Å². The lowest BCUT2D eigenvalue weighted by molar-refractivity contribution is -0.144. The Morgan fingerprint density at radius 3 is 2.70 bits per heavy atom. The van der Waals surface area contributed by atoms with E-state index in [4.69, 9.17) is 10.3 Å². The molecule has 0 unspecified atom stereocenters. The van der Waals surface area contributed by atoms with E-state index in [1.54, 1.807) is 6.20 Å². The molecule has 1 amide bonds. The zero-order valence-corrected chi connectivity index (χ0v) is 17.1. The molecule has 10 heteroatoms. The number of aromatic amines is 1. The average Bonchev–Trinajstić information content (AvgIpc) is 3.10. The van der Waals surface area contributed by atoms with Crippen molar-refractivity contribution in [1.29, 1.82) is 0 Å². The fraction of sp³-hybridized carbons (Fsp3) is 0.400. The minimum atomic E-state index is -1.27. The minimum Gasteiger partial charge on any atom is -0.480 e. The lowest BCUT2D eigenvalue weighted by Gasteiger charge is -2.19. The van der Waals surface area contributed by atoms with Crippen LogP contribution in [0.1, 0.15) is 18.4 Å². The maximum Gasteiger partial charge on any atom is 0.326 e. The maximum absolute atomic E-state index is 12.6. The zero-order valence-electron chi connectivity index (χ0n) is 17.1. The summed E-state index contributed by atoms with van der Waals surface area (Å²) in [5.74, 6) is -2.40. The van der Waals surface area contributed by atoms with Gasteiger partial charge in [0.05, 0.1) is 0 Å². The van der Waals surface area contributed by atoms with Gasteiger partial charge in [0.2, 0.25) is 11.7 Å². The number of ketones is 1. The number of benzene rings is 1. The SMILES string of the molecule is CO[C@@H](Cc1c[nH]c2cc(N(C)C)ccc12)C(=O)N[C@@H](CCC(=O)C=[N+]=[N-])C(=O)O. The van der Waals surface area contributed by atoms with Crippen LogP contribution >= 0.6 is 0 Å². The molecule has 0 bridgehead atoms. The van der Waals surface area contributed by atoms with Crippen molar-refractivity contribution in [3.8, 4) is 0 Å². The van der Waals surface area contributed by atoms with Crippen LogP contribution in [0.3, 0.4) is 0 Å². The molecule has 1 aromatic heterocycles. The lowest BCUT2D eigenvalue weighted by Crippen LogP contribution is -2.46. The third-order valence-corrected chi connectivity index (χ3v) is 4.75. The molecule has 0 aliphatic rings. The van der Waals surface area contributed by atoms with Gasteiger partial charge in [0.1, 0.15) is 12.1 Å². The van der Waals surface area contributed by atoms with Gasteiger partial charge in [-0.1, -0.05) is 6.07 Å². The van der Waals surface area contributed by atoms with Crippen molar-refractivity contribution in [2.45, 2.75) is 31.4 Å². The molecule has 3 N–H and O–H groups in total. The number of nitrogens with one attached hydrogen (secondary N) is 2. The Morgan fingerprint density at radius 2 is 2.10 bits per heavy atom. The second kappa shape index (κ2) is 10.3. The fourth-order valence-corrected chi connectivity index (χ4v) is 3.04. The third kappa shape index (κ3) is 5.76. The van der Waals surface area contributed by atoms with Gasteiger partial charge >= 0.3 is 12.2 Å². The summed E-state index contributed by atoms with van der Waals surface area (Å²) in [6.07, 6.45) is 1.50. The van der Waals surface area contributed by atoms with Crippen LogP contribution in [0.5, 0.6) is 0 Å². The number of H-pyrrole nitrogens is 1. The van der Waals surface area contributed by atoms with Crippen LogP contribution < -0.4 is 10.2 Å². The number of hydrogen-bond acceptors (Lipinski definition) is 5. The molecule has 1 heterocycles. The Hall–Kier alpha value is -3.49. The number of Topliss-reactive ketones (excluding diaryl/α,β-unsaturated/α-hetero) is 1. The number of methoxy groups -OCH3 is 1. The number of carbonyl (C=O) groups is 3. The molecule has 2 atom stereocenters. The molecule has 0 fully saturated rings. The first-order chi connectivity index (χ1) is 14.3. The minimum absolute atomic E-state index is 0.136. The Balaban J connectivity index is 2.09. The third-order valence-electron chi connectivity index (χ3n) is 4.75. The van der Waals surface area contributed by atoms with Crippen LogP contribution in [0.25, 0.3) is 16.4 Å². The number of carbonyl (C=O) groups excluding carboxylic acids is 2. The van der Waals surface area contributed by atoms with Crippen LogP contribution in [-0.2, 0) is 25.5 Å². The number of hydrogen-bond donors (Lipinski definition) is 3. The van der Waals surface area contributed by atoms with Crippen molar-refractivity contribution in [2.24, 2.45) is 0 Å². The van der Waals surface area contributed by atoms with Crippen LogP contribution in [-0.4, -0.2) is 72.1 Å². The summed E-state index contributed by atoms with van der Waals surface area (Å²) < 4.78 is 5.29. The van der Waals surface area contributed by atoms with E-state index in [0.29, 0.717) is 6.21 Å². The van der Waals surface area contributed by atoms with Crippen LogP contribution in [0.15, 0.2) is 24.4 Å². The van der Waals surface area contributed by atoms with Crippen molar-refractivity contribution in [1.82, 2.24) is 10.3 Å². The molecule has 30 heavy (non-hydrogen) atoms. The van der Waals surface area contributed by atoms with E-state index in [0.717, 1.165) is 22.2 Å². The van der Waals surface area contributed by atoms with Gasteiger partial charge in [-0.15, -0.1) is 0 Å². The Bertz CT molecular complexity index is 977. The highest BCUT2D eigenvalue weighted by molar-refractivity contribution is 6.25. The molecule has 0 spiro atoms. The monoisotopic (exact) mass is 415 g/mol. The molecule has 0 saturated heterocycles. The van der Waals surface area contributed by atoms with Gasteiger partial charge in [0.15, 0.2) is 0 Å². The van der Waals surface area contributed by atoms with Crippen LogP contribution in [0.4, 0.5) is 5.69 Å². The molecular weight excluding hydrogens is 390 g/mol. The summed E-state index contributed by atoms with van der Waals surface area (Å²) in [4.78, 5) is 43.2. The number of aliphatic carboxylic acids is 1. The summed E-state index contributed by atoms with van der Waals surface area (Å²) >= 11 is 0. The summed E-state index contributed by atoms with van der Waals surface area (Å²) in [5, 5.41) is 12.7. The molecule has 160 valence electrons. The van der Waals surface area contributed by atoms with Gasteiger partial charge in [0.25, 0.3) is 0 Å². The second-order valence-corrected chi connectivity index (χ2v) is 7.02. The molecule has 0 aliphatic heterocycles. The predicted molar refractivity (Wildman–Crippen MR) is 111 cm³/mol. The number of aromatic nitrogens is 1. The van der Waals surface area contributed by atoms with E-state index in [2.05, 4.69) is 15.1 Å². The van der Waals surface area contributed by atoms with E-state index in [1.165, 1.54) is 7.11 Å². The van der Waals surface area contributed by atoms with Gasteiger partial charge in [-0.05, 0) is 24.1 Å². The Kier molecular flexibility index (Phi) is 7.85. The zero-order chi connectivity index (χ0) is 22.3. The lowest BCUT2D eigenvalue weighted by atomic mass is 10.0. The standard InChI is InChI=1S/C20H25N5O5/c1-25(2)13-4-6-15-12(10-22-17(15)9-13)8-18(30-3)19(27)24-16(20(28)29)7-5-14(26)11-23-21/h4,6,9-11,16,18,22H,5,7-8H2,1-3H3,(H,24,27)(H,28,29)/t16-,18-/m0/s1. The summed E-state index contributed by atoms with van der Waals surface area (Å²) in [5.41, 5.74) is 11.1. The highest BCUT2D eigenvalue weighted by Crippen LogP contribution is 2.24. The fourth-order valence-electron chi connectivity index (χ4n) is 3.04. The smallest absolute Gasteiger partial charge is 0.326 e. The summed E-state index contributed by atoms with van der Waals surface area (Å²) in [6.45, 7) is 0.